The molecule has 0 spiro atoms. The van der Waals surface area contributed by atoms with Gasteiger partial charge in [-0.05, 0) is 12.8 Å². The molecule has 0 aliphatic carbocycles. The van der Waals surface area contributed by atoms with Crippen LogP contribution in [0.1, 0.15) is 58.3 Å². The van der Waals surface area contributed by atoms with Crippen molar-refractivity contribution in [3.05, 3.63) is 0 Å². The highest BCUT2D eigenvalue weighted by molar-refractivity contribution is 6.18. The maximum atomic E-state index is 11.7. The van der Waals surface area contributed by atoms with Gasteiger partial charge in [0.2, 0.25) is 5.91 Å². The minimum atomic E-state index is 0.0409. The molecule has 0 aliphatic rings. The molecule has 0 saturated heterocycles. The van der Waals surface area contributed by atoms with Crippen molar-refractivity contribution in [3.63, 3.8) is 0 Å². The number of rotatable bonds is 12. The Morgan fingerprint density at radius 2 is 1.89 bits per heavy atom. The zero-order valence-corrected chi connectivity index (χ0v) is 12.6. The van der Waals surface area contributed by atoms with Crippen LogP contribution in [0.4, 0.5) is 0 Å². The average molecular weight is 278 g/mol. The summed E-state index contributed by atoms with van der Waals surface area (Å²) >= 11 is 5.80. The molecule has 0 aromatic rings. The van der Waals surface area contributed by atoms with Crippen molar-refractivity contribution in [1.82, 2.24) is 5.32 Å². The van der Waals surface area contributed by atoms with E-state index in [1.165, 1.54) is 25.7 Å². The van der Waals surface area contributed by atoms with Crippen molar-refractivity contribution in [1.29, 1.82) is 0 Å². The van der Waals surface area contributed by atoms with Gasteiger partial charge in [-0.2, -0.15) is 0 Å². The largest absolute Gasteiger partial charge is 0.385 e. The fraction of sp³-hybridized carbons (Fsp3) is 0.929. The summed E-state index contributed by atoms with van der Waals surface area (Å²) in [5, 5.41) is 2.95. The number of methoxy groups -OCH3 is 1. The third-order valence-electron chi connectivity index (χ3n) is 2.98. The SMILES string of the molecule is CCCCCCCCC(=O)NC(CCl)CCOC. The van der Waals surface area contributed by atoms with Crippen LogP contribution in [0.5, 0.6) is 0 Å². The molecule has 1 N–H and O–H groups in total. The second-order valence-electron chi connectivity index (χ2n) is 4.72. The van der Waals surface area contributed by atoms with Gasteiger partial charge in [0, 0.05) is 32.1 Å². The number of carbonyl (C=O) groups excluding carboxylic acids is 1. The summed E-state index contributed by atoms with van der Waals surface area (Å²) < 4.78 is 4.98. The van der Waals surface area contributed by atoms with Crippen molar-refractivity contribution >= 4 is 17.5 Å². The molecule has 0 aliphatic heterocycles. The molecule has 0 fully saturated rings. The van der Waals surface area contributed by atoms with Crippen molar-refractivity contribution < 1.29 is 9.53 Å². The standard InChI is InChI=1S/C14H28ClNO2/c1-3-4-5-6-7-8-9-14(17)16-13(12-15)10-11-18-2/h13H,3-12H2,1-2H3,(H,16,17). The van der Waals surface area contributed by atoms with Crippen molar-refractivity contribution in [2.45, 2.75) is 64.3 Å². The third-order valence-corrected chi connectivity index (χ3v) is 3.35. The molecule has 0 saturated carbocycles. The number of alkyl halides is 1. The molecule has 0 aromatic heterocycles. The minimum absolute atomic E-state index is 0.0409. The summed E-state index contributed by atoms with van der Waals surface area (Å²) in [6.07, 6.45) is 8.62. The molecule has 108 valence electrons. The lowest BCUT2D eigenvalue weighted by atomic mass is 10.1. The van der Waals surface area contributed by atoms with E-state index < -0.39 is 0 Å². The summed E-state index contributed by atoms with van der Waals surface area (Å²) in [5.74, 6) is 0.568. The van der Waals surface area contributed by atoms with Crippen LogP contribution in [0.25, 0.3) is 0 Å². The maximum Gasteiger partial charge on any atom is 0.220 e. The first-order chi connectivity index (χ1) is 8.74. The Balaban J connectivity index is 3.50. The predicted octanol–water partition coefficient (Wildman–Crippen LogP) is 3.50. The smallest absolute Gasteiger partial charge is 0.220 e. The first kappa shape index (κ1) is 17.7. The highest BCUT2D eigenvalue weighted by atomic mass is 35.5. The van der Waals surface area contributed by atoms with E-state index in [1.807, 2.05) is 0 Å². The second kappa shape index (κ2) is 13.2. The van der Waals surface area contributed by atoms with Crippen LogP contribution in [0, 0.1) is 0 Å². The lowest BCUT2D eigenvalue weighted by molar-refractivity contribution is -0.121. The molecule has 3 nitrogen and oxygen atoms in total. The van der Waals surface area contributed by atoms with Crippen LogP contribution in [0.2, 0.25) is 0 Å². The Kier molecular flexibility index (Phi) is 13.0. The van der Waals surface area contributed by atoms with E-state index in [2.05, 4.69) is 12.2 Å². The lowest BCUT2D eigenvalue weighted by Gasteiger charge is -2.15. The van der Waals surface area contributed by atoms with Crippen LogP contribution < -0.4 is 5.32 Å². The van der Waals surface area contributed by atoms with Crippen molar-refractivity contribution in [2.75, 3.05) is 19.6 Å². The van der Waals surface area contributed by atoms with Crippen LogP contribution in [-0.2, 0) is 9.53 Å². The van der Waals surface area contributed by atoms with Crippen molar-refractivity contribution in [2.24, 2.45) is 0 Å². The number of halogens is 1. The van der Waals surface area contributed by atoms with E-state index in [0.717, 1.165) is 19.3 Å². The summed E-state index contributed by atoms with van der Waals surface area (Å²) in [6.45, 7) is 2.84. The van der Waals surface area contributed by atoms with E-state index >= 15 is 0 Å². The Hall–Kier alpha value is -0.280. The average Bonchev–Trinajstić information content (AvgIpc) is 2.38. The van der Waals surface area contributed by atoms with Crippen LogP contribution in [0.3, 0.4) is 0 Å². The van der Waals surface area contributed by atoms with Gasteiger partial charge in [0.15, 0.2) is 0 Å². The molecule has 0 rings (SSSR count). The zero-order chi connectivity index (χ0) is 13.6. The molecule has 1 unspecified atom stereocenters. The second-order valence-corrected chi connectivity index (χ2v) is 5.03. The number of ether oxygens (including phenoxy) is 1. The lowest BCUT2D eigenvalue weighted by Crippen LogP contribution is -2.36. The Morgan fingerprint density at radius 1 is 1.22 bits per heavy atom. The van der Waals surface area contributed by atoms with Crippen LogP contribution in [0.15, 0.2) is 0 Å². The molecule has 4 heteroatoms. The van der Waals surface area contributed by atoms with E-state index in [4.69, 9.17) is 16.3 Å². The monoisotopic (exact) mass is 277 g/mol. The fourth-order valence-corrected chi connectivity index (χ4v) is 2.05. The Bertz CT molecular complexity index is 200. The molecule has 18 heavy (non-hydrogen) atoms. The summed E-state index contributed by atoms with van der Waals surface area (Å²) in [4.78, 5) is 11.7. The highest BCUT2D eigenvalue weighted by Crippen LogP contribution is 2.07. The van der Waals surface area contributed by atoms with Gasteiger partial charge in [-0.15, -0.1) is 11.6 Å². The van der Waals surface area contributed by atoms with E-state index in [9.17, 15) is 4.79 Å². The van der Waals surface area contributed by atoms with Gasteiger partial charge in [-0.1, -0.05) is 39.0 Å². The molecule has 1 atom stereocenters. The normalized spacial score (nSPS) is 12.4. The molecular formula is C14H28ClNO2. The Labute approximate surface area is 117 Å². The summed E-state index contributed by atoms with van der Waals surface area (Å²) in [5.41, 5.74) is 0. The fourth-order valence-electron chi connectivity index (χ4n) is 1.81. The molecule has 0 aromatic carbocycles. The van der Waals surface area contributed by atoms with Gasteiger partial charge >= 0.3 is 0 Å². The summed E-state index contributed by atoms with van der Waals surface area (Å²) in [6, 6.07) is 0.0409. The third kappa shape index (κ3) is 10.8. The first-order valence-electron chi connectivity index (χ1n) is 7.08. The predicted molar refractivity (Wildman–Crippen MR) is 77.1 cm³/mol. The number of nitrogens with one attached hydrogen (secondary N) is 1. The Morgan fingerprint density at radius 3 is 2.50 bits per heavy atom. The highest BCUT2D eigenvalue weighted by Gasteiger charge is 2.10. The first-order valence-corrected chi connectivity index (χ1v) is 7.62. The van der Waals surface area contributed by atoms with Crippen LogP contribution in [-0.4, -0.2) is 31.5 Å². The van der Waals surface area contributed by atoms with Gasteiger partial charge < -0.3 is 10.1 Å². The molecule has 0 heterocycles. The number of hydrogen-bond acceptors (Lipinski definition) is 2. The summed E-state index contributed by atoms with van der Waals surface area (Å²) in [7, 11) is 1.66. The molecule has 0 radical (unpaired) electrons. The molecular weight excluding hydrogens is 250 g/mol. The van der Waals surface area contributed by atoms with Gasteiger partial charge in [-0.3, -0.25) is 4.79 Å². The van der Waals surface area contributed by atoms with Gasteiger partial charge in [-0.25, -0.2) is 0 Å². The van der Waals surface area contributed by atoms with Gasteiger partial charge in [0.05, 0.1) is 0 Å². The van der Waals surface area contributed by atoms with E-state index in [0.29, 0.717) is 18.9 Å². The number of carbonyl (C=O) groups is 1. The van der Waals surface area contributed by atoms with E-state index in [-0.39, 0.29) is 11.9 Å². The quantitative estimate of drug-likeness (QED) is 0.438. The molecule has 0 bridgehead atoms. The number of hydrogen-bond donors (Lipinski definition) is 1. The van der Waals surface area contributed by atoms with Gasteiger partial charge in [0.1, 0.15) is 0 Å². The minimum Gasteiger partial charge on any atom is -0.385 e. The topological polar surface area (TPSA) is 38.3 Å². The number of amides is 1. The van der Waals surface area contributed by atoms with Crippen molar-refractivity contribution in [3.8, 4) is 0 Å². The number of unbranched alkanes of at least 4 members (excludes halogenated alkanes) is 5. The van der Waals surface area contributed by atoms with Crippen LogP contribution >= 0.6 is 11.6 Å². The zero-order valence-electron chi connectivity index (χ0n) is 11.8. The van der Waals surface area contributed by atoms with Gasteiger partial charge in [0.25, 0.3) is 0 Å². The molecule has 1 amide bonds. The maximum absolute atomic E-state index is 11.7. The van der Waals surface area contributed by atoms with E-state index in [1.54, 1.807) is 7.11 Å².